The van der Waals surface area contributed by atoms with Crippen LogP contribution in [0.5, 0.6) is 0 Å². The number of amides is 1. The summed E-state index contributed by atoms with van der Waals surface area (Å²) in [5, 5.41) is 7.16. The Morgan fingerprint density at radius 1 is 1.22 bits per heavy atom. The summed E-state index contributed by atoms with van der Waals surface area (Å²) in [6, 6.07) is 5.73. The van der Waals surface area contributed by atoms with E-state index in [1.165, 1.54) is 22.9 Å². The first kappa shape index (κ1) is 15.6. The quantitative estimate of drug-likeness (QED) is 0.755. The maximum absolute atomic E-state index is 12.5. The Bertz CT molecular complexity index is 841. The smallest absolute Gasteiger partial charge is 0.262 e. The summed E-state index contributed by atoms with van der Waals surface area (Å²) in [4.78, 5) is 22.2. The summed E-state index contributed by atoms with van der Waals surface area (Å²) in [5.74, 6) is -0.207. The number of aryl methyl sites for hydroxylation is 2. The fourth-order valence-electron chi connectivity index (χ4n) is 2.15. The van der Waals surface area contributed by atoms with Gasteiger partial charge in [0.25, 0.3) is 5.91 Å². The molecule has 0 radical (unpaired) electrons. The van der Waals surface area contributed by atoms with Crippen LogP contribution in [-0.2, 0) is 0 Å². The van der Waals surface area contributed by atoms with Crippen LogP contribution in [0.3, 0.4) is 0 Å². The zero-order valence-corrected chi connectivity index (χ0v) is 14.5. The van der Waals surface area contributed by atoms with E-state index in [1.54, 1.807) is 13.2 Å². The molecule has 6 nitrogen and oxygen atoms in total. The molecule has 118 valence electrons. The Morgan fingerprint density at radius 2 is 2.04 bits per heavy atom. The van der Waals surface area contributed by atoms with Crippen molar-refractivity contribution in [3.05, 3.63) is 41.3 Å². The molecule has 0 aliphatic heterocycles. The molecule has 3 rings (SSSR count). The number of thiazole rings is 1. The van der Waals surface area contributed by atoms with Crippen LogP contribution in [0.2, 0.25) is 0 Å². The standard InChI is InChI=1S/C15H15N5OS2/c1-8-11(14(16-3)23-20-8)13(21)19-15-18-9(2)12(22-15)10-6-4-5-7-17-10/h4-7,16H,1-3H3,(H,18,19,21). The van der Waals surface area contributed by atoms with Gasteiger partial charge in [0, 0.05) is 13.2 Å². The average molecular weight is 345 g/mol. The van der Waals surface area contributed by atoms with E-state index in [-0.39, 0.29) is 5.91 Å². The minimum absolute atomic E-state index is 0.207. The van der Waals surface area contributed by atoms with Crippen LogP contribution >= 0.6 is 22.9 Å². The number of carbonyl (C=O) groups is 1. The second-order valence-electron chi connectivity index (χ2n) is 4.82. The highest BCUT2D eigenvalue weighted by atomic mass is 32.1. The van der Waals surface area contributed by atoms with Crippen molar-refractivity contribution in [1.29, 1.82) is 0 Å². The van der Waals surface area contributed by atoms with E-state index in [1.807, 2.05) is 32.0 Å². The van der Waals surface area contributed by atoms with Crippen LogP contribution in [0.1, 0.15) is 21.7 Å². The topological polar surface area (TPSA) is 79.8 Å². The van der Waals surface area contributed by atoms with Crippen LogP contribution in [0.25, 0.3) is 10.6 Å². The summed E-state index contributed by atoms with van der Waals surface area (Å²) < 4.78 is 4.21. The summed E-state index contributed by atoms with van der Waals surface area (Å²) in [5.41, 5.74) is 2.96. The predicted molar refractivity (Wildman–Crippen MR) is 94.4 cm³/mol. The van der Waals surface area contributed by atoms with Crippen LogP contribution < -0.4 is 10.6 Å². The molecule has 0 atom stereocenters. The molecule has 0 saturated heterocycles. The zero-order chi connectivity index (χ0) is 16.4. The van der Waals surface area contributed by atoms with Crippen LogP contribution in [0, 0.1) is 13.8 Å². The number of hydrogen-bond acceptors (Lipinski definition) is 7. The molecule has 0 bridgehead atoms. The zero-order valence-electron chi connectivity index (χ0n) is 12.9. The van der Waals surface area contributed by atoms with E-state index in [9.17, 15) is 4.79 Å². The second-order valence-corrected chi connectivity index (χ2v) is 6.60. The van der Waals surface area contributed by atoms with Gasteiger partial charge in [-0.25, -0.2) is 4.98 Å². The third kappa shape index (κ3) is 3.08. The first-order valence-corrected chi connectivity index (χ1v) is 8.53. The molecule has 0 saturated carbocycles. The minimum atomic E-state index is -0.207. The van der Waals surface area contributed by atoms with Crippen molar-refractivity contribution in [2.24, 2.45) is 0 Å². The molecule has 0 aliphatic rings. The SMILES string of the molecule is CNc1snc(C)c1C(=O)Nc1nc(C)c(-c2ccccn2)s1. The maximum Gasteiger partial charge on any atom is 0.262 e. The molecule has 0 aromatic carbocycles. The van der Waals surface area contributed by atoms with Gasteiger partial charge in [0.2, 0.25) is 0 Å². The highest BCUT2D eigenvalue weighted by molar-refractivity contribution is 7.19. The van der Waals surface area contributed by atoms with E-state index in [2.05, 4.69) is 25.0 Å². The van der Waals surface area contributed by atoms with Gasteiger partial charge in [-0.2, -0.15) is 4.37 Å². The van der Waals surface area contributed by atoms with Crippen molar-refractivity contribution in [3.8, 4) is 10.6 Å². The number of aromatic nitrogens is 3. The molecule has 0 unspecified atom stereocenters. The second kappa shape index (κ2) is 6.43. The maximum atomic E-state index is 12.5. The Kier molecular flexibility index (Phi) is 4.35. The number of carbonyl (C=O) groups excluding carboxylic acids is 1. The molecule has 0 aliphatic carbocycles. The van der Waals surface area contributed by atoms with Crippen molar-refractivity contribution < 1.29 is 4.79 Å². The monoisotopic (exact) mass is 345 g/mol. The van der Waals surface area contributed by atoms with Crippen molar-refractivity contribution in [1.82, 2.24) is 14.3 Å². The molecule has 8 heteroatoms. The molecule has 0 fully saturated rings. The lowest BCUT2D eigenvalue weighted by molar-refractivity contribution is 0.102. The number of hydrogen-bond donors (Lipinski definition) is 2. The Morgan fingerprint density at radius 3 is 2.74 bits per heavy atom. The highest BCUT2D eigenvalue weighted by Crippen LogP contribution is 2.32. The summed E-state index contributed by atoms with van der Waals surface area (Å²) in [7, 11) is 1.77. The molecule has 3 heterocycles. The summed E-state index contributed by atoms with van der Waals surface area (Å²) in [6.07, 6.45) is 1.74. The number of nitrogens with zero attached hydrogens (tertiary/aromatic N) is 3. The highest BCUT2D eigenvalue weighted by Gasteiger charge is 2.20. The third-order valence-electron chi connectivity index (χ3n) is 3.23. The van der Waals surface area contributed by atoms with Crippen molar-refractivity contribution >= 4 is 38.9 Å². The lowest BCUT2D eigenvalue weighted by atomic mass is 10.2. The molecule has 1 amide bonds. The average Bonchev–Trinajstić information content (AvgIpc) is 3.10. The van der Waals surface area contributed by atoms with E-state index in [4.69, 9.17) is 0 Å². The van der Waals surface area contributed by atoms with Gasteiger partial charge in [-0.15, -0.1) is 0 Å². The molecular formula is C15H15N5OS2. The Hall–Kier alpha value is -2.32. The lowest BCUT2D eigenvalue weighted by Gasteiger charge is -2.03. The van der Waals surface area contributed by atoms with Gasteiger partial charge in [-0.3, -0.25) is 15.1 Å². The van der Waals surface area contributed by atoms with Crippen LogP contribution in [0.4, 0.5) is 10.1 Å². The van der Waals surface area contributed by atoms with Gasteiger partial charge >= 0.3 is 0 Å². The molecule has 2 N–H and O–H groups in total. The first-order chi connectivity index (χ1) is 11.1. The predicted octanol–water partition coefficient (Wildman–Crippen LogP) is 3.57. The van der Waals surface area contributed by atoms with E-state index in [0.29, 0.717) is 16.4 Å². The van der Waals surface area contributed by atoms with Crippen LogP contribution in [0.15, 0.2) is 24.4 Å². The largest absolute Gasteiger partial charge is 0.378 e. The number of pyridine rings is 1. The fourth-order valence-corrected chi connectivity index (χ4v) is 3.83. The summed E-state index contributed by atoms with van der Waals surface area (Å²) in [6.45, 7) is 3.73. The lowest BCUT2D eigenvalue weighted by Crippen LogP contribution is -2.13. The first-order valence-electron chi connectivity index (χ1n) is 6.94. The summed E-state index contributed by atoms with van der Waals surface area (Å²) >= 11 is 2.69. The molecule has 3 aromatic rings. The minimum Gasteiger partial charge on any atom is -0.378 e. The van der Waals surface area contributed by atoms with E-state index in [0.717, 1.165) is 21.3 Å². The Labute approximate surface area is 141 Å². The van der Waals surface area contributed by atoms with Gasteiger partial charge in [0.15, 0.2) is 5.13 Å². The van der Waals surface area contributed by atoms with Gasteiger partial charge in [-0.1, -0.05) is 17.4 Å². The van der Waals surface area contributed by atoms with E-state index >= 15 is 0 Å². The molecular weight excluding hydrogens is 330 g/mol. The van der Waals surface area contributed by atoms with Gasteiger partial charge < -0.3 is 5.32 Å². The van der Waals surface area contributed by atoms with Crippen LogP contribution in [-0.4, -0.2) is 27.3 Å². The van der Waals surface area contributed by atoms with Crippen molar-refractivity contribution in [3.63, 3.8) is 0 Å². The Balaban J connectivity index is 1.87. The van der Waals surface area contributed by atoms with Gasteiger partial charge in [-0.05, 0) is 37.5 Å². The van der Waals surface area contributed by atoms with Crippen molar-refractivity contribution in [2.45, 2.75) is 13.8 Å². The van der Waals surface area contributed by atoms with Crippen molar-refractivity contribution in [2.75, 3.05) is 17.7 Å². The number of nitrogens with one attached hydrogen (secondary N) is 2. The normalized spacial score (nSPS) is 10.6. The molecule has 3 aromatic heterocycles. The molecule has 0 spiro atoms. The number of anilines is 2. The number of rotatable bonds is 4. The van der Waals surface area contributed by atoms with Gasteiger partial charge in [0.05, 0.1) is 27.5 Å². The van der Waals surface area contributed by atoms with Gasteiger partial charge in [0.1, 0.15) is 5.00 Å². The third-order valence-corrected chi connectivity index (χ3v) is 5.28. The fraction of sp³-hybridized carbons (Fsp3) is 0.200. The van der Waals surface area contributed by atoms with E-state index < -0.39 is 0 Å². The molecule has 23 heavy (non-hydrogen) atoms.